The van der Waals surface area contributed by atoms with E-state index in [1.807, 2.05) is 40.9 Å². The normalized spacial score (nSPS) is 19.4. The van der Waals surface area contributed by atoms with Crippen LogP contribution in [0.5, 0.6) is 0 Å². The predicted molar refractivity (Wildman–Crippen MR) is 98.1 cm³/mol. The highest BCUT2D eigenvalue weighted by Crippen LogP contribution is 2.38. The van der Waals surface area contributed by atoms with E-state index in [1.165, 1.54) is 4.88 Å². The zero-order chi connectivity index (χ0) is 17.2. The minimum Gasteiger partial charge on any atom is -0.368 e. The van der Waals surface area contributed by atoms with E-state index in [9.17, 15) is 9.59 Å². The molecular formula is C17H19N3O3S2. The van der Waals surface area contributed by atoms with Crippen LogP contribution in [-0.2, 0) is 21.7 Å². The van der Waals surface area contributed by atoms with Crippen LogP contribution in [0.3, 0.4) is 0 Å². The number of rotatable bonds is 3. The SMILES string of the molecule is O=C(NNC(=O)C1CCCO1)c1c(-n2cccc2)sc2c1CCSC2. The van der Waals surface area contributed by atoms with Crippen LogP contribution in [0, 0.1) is 0 Å². The molecule has 0 bridgehead atoms. The van der Waals surface area contributed by atoms with E-state index in [0.29, 0.717) is 18.6 Å². The van der Waals surface area contributed by atoms with E-state index >= 15 is 0 Å². The van der Waals surface area contributed by atoms with Crippen LogP contribution in [0.15, 0.2) is 24.5 Å². The third kappa shape index (κ3) is 3.33. The van der Waals surface area contributed by atoms with Gasteiger partial charge < -0.3 is 9.30 Å². The maximum Gasteiger partial charge on any atom is 0.273 e. The van der Waals surface area contributed by atoms with Crippen molar-refractivity contribution in [3.8, 4) is 5.00 Å². The van der Waals surface area contributed by atoms with Crippen LogP contribution in [-0.4, -0.2) is 34.8 Å². The first-order valence-electron chi connectivity index (χ1n) is 8.31. The van der Waals surface area contributed by atoms with Crippen LogP contribution in [0.4, 0.5) is 0 Å². The van der Waals surface area contributed by atoms with Gasteiger partial charge in [-0.3, -0.25) is 20.4 Å². The molecule has 1 saturated heterocycles. The summed E-state index contributed by atoms with van der Waals surface area (Å²) in [7, 11) is 0. The average molecular weight is 377 g/mol. The molecule has 1 fully saturated rings. The van der Waals surface area contributed by atoms with E-state index in [4.69, 9.17) is 4.74 Å². The maximum absolute atomic E-state index is 12.8. The first-order valence-corrected chi connectivity index (χ1v) is 10.3. The molecule has 0 radical (unpaired) electrons. The largest absolute Gasteiger partial charge is 0.368 e. The summed E-state index contributed by atoms with van der Waals surface area (Å²) in [5, 5.41) is 0.904. The van der Waals surface area contributed by atoms with Gasteiger partial charge in [-0.05, 0) is 42.7 Å². The lowest BCUT2D eigenvalue weighted by atomic mass is 10.1. The van der Waals surface area contributed by atoms with Gasteiger partial charge in [0.1, 0.15) is 11.1 Å². The zero-order valence-electron chi connectivity index (χ0n) is 13.6. The number of thiophene rings is 1. The Kier molecular flexibility index (Phi) is 4.82. The number of hydrazine groups is 1. The van der Waals surface area contributed by atoms with Crippen molar-refractivity contribution in [3.05, 3.63) is 40.5 Å². The second-order valence-electron chi connectivity index (χ2n) is 6.02. The lowest BCUT2D eigenvalue weighted by molar-refractivity contribution is -0.130. The number of hydrogen-bond donors (Lipinski definition) is 2. The van der Waals surface area contributed by atoms with Crippen LogP contribution < -0.4 is 10.9 Å². The monoisotopic (exact) mass is 377 g/mol. The van der Waals surface area contributed by atoms with Gasteiger partial charge in [0.15, 0.2) is 0 Å². The van der Waals surface area contributed by atoms with E-state index in [-0.39, 0.29) is 11.8 Å². The number of carbonyl (C=O) groups excluding carboxylic acids is 2. The maximum atomic E-state index is 12.8. The van der Waals surface area contributed by atoms with E-state index in [2.05, 4.69) is 10.9 Å². The Morgan fingerprint density at radius 3 is 2.84 bits per heavy atom. The highest BCUT2D eigenvalue weighted by Gasteiger charge is 2.28. The van der Waals surface area contributed by atoms with Crippen LogP contribution in [0.25, 0.3) is 5.00 Å². The van der Waals surface area contributed by atoms with Gasteiger partial charge in [-0.1, -0.05) is 0 Å². The molecule has 2 aromatic heterocycles. The second kappa shape index (κ2) is 7.23. The van der Waals surface area contributed by atoms with Gasteiger partial charge in [-0.25, -0.2) is 0 Å². The fraction of sp³-hybridized carbons (Fsp3) is 0.412. The van der Waals surface area contributed by atoms with E-state index < -0.39 is 6.10 Å². The van der Waals surface area contributed by atoms with Crippen LogP contribution in [0.2, 0.25) is 0 Å². The van der Waals surface area contributed by atoms with Crippen molar-refractivity contribution in [1.29, 1.82) is 0 Å². The highest BCUT2D eigenvalue weighted by molar-refractivity contribution is 7.98. The van der Waals surface area contributed by atoms with Crippen molar-refractivity contribution < 1.29 is 14.3 Å². The highest BCUT2D eigenvalue weighted by atomic mass is 32.2. The fourth-order valence-corrected chi connectivity index (χ4v) is 5.59. The standard InChI is InChI=1S/C17H19N3O3S2/c21-15(12-4-3-8-23-12)18-19-16(22)14-11-5-9-24-10-13(11)25-17(14)20-6-1-2-7-20/h1-2,6-7,12H,3-5,8-10H2,(H,18,21)(H,19,22). The Morgan fingerprint density at radius 1 is 1.24 bits per heavy atom. The van der Waals surface area contributed by atoms with E-state index in [0.717, 1.165) is 34.9 Å². The van der Waals surface area contributed by atoms with Gasteiger partial charge in [0.25, 0.3) is 11.8 Å². The molecule has 2 amide bonds. The molecule has 25 heavy (non-hydrogen) atoms. The summed E-state index contributed by atoms with van der Waals surface area (Å²) in [4.78, 5) is 26.1. The van der Waals surface area contributed by atoms with Crippen molar-refractivity contribution in [1.82, 2.24) is 15.4 Å². The third-order valence-electron chi connectivity index (χ3n) is 4.39. The van der Waals surface area contributed by atoms with Gasteiger partial charge >= 0.3 is 0 Å². The summed E-state index contributed by atoms with van der Waals surface area (Å²) >= 11 is 3.54. The molecule has 2 aliphatic rings. The van der Waals surface area contributed by atoms with Crippen molar-refractivity contribution in [2.45, 2.75) is 31.1 Å². The topological polar surface area (TPSA) is 72.4 Å². The smallest absolute Gasteiger partial charge is 0.273 e. The zero-order valence-corrected chi connectivity index (χ0v) is 15.3. The molecule has 2 aliphatic heterocycles. The molecule has 132 valence electrons. The lowest BCUT2D eigenvalue weighted by Crippen LogP contribution is -2.46. The number of aromatic nitrogens is 1. The molecule has 0 spiro atoms. The Labute approximate surface area is 153 Å². The quantitative estimate of drug-likeness (QED) is 0.805. The number of nitrogens with one attached hydrogen (secondary N) is 2. The summed E-state index contributed by atoms with van der Waals surface area (Å²) < 4.78 is 7.31. The molecular weight excluding hydrogens is 358 g/mol. The summed E-state index contributed by atoms with van der Waals surface area (Å²) in [6.07, 6.45) is 5.86. The number of hydrogen-bond acceptors (Lipinski definition) is 5. The molecule has 0 aliphatic carbocycles. The number of fused-ring (bicyclic) bond motifs is 1. The summed E-state index contributed by atoms with van der Waals surface area (Å²) in [5.74, 6) is 1.40. The fourth-order valence-electron chi connectivity index (χ4n) is 3.15. The van der Waals surface area contributed by atoms with Gasteiger partial charge in [-0.2, -0.15) is 11.8 Å². The van der Waals surface area contributed by atoms with Crippen LogP contribution >= 0.6 is 23.1 Å². The van der Waals surface area contributed by atoms with Gasteiger partial charge in [-0.15, -0.1) is 11.3 Å². The van der Waals surface area contributed by atoms with Crippen molar-refractivity contribution in [3.63, 3.8) is 0 Å². The minimum atomic E-state index is -0.461. The summed E-state index contributed by atoms with van der Waals surface area (Å²) in [6, 6.07) is 3.88. The van der Waals surface area contributed by atoms with Crippen molar-refractivity contribution >= 4 is 34.9 Å². The second-order valence-corrected chi connectivity index (χ2v) is 8.21. The molecule has 6 nitrogen and oxygen atoms in total. The molecule has 2 aromatic rings. The summed E-state index contributed by atoms with van der Waals surface area (Å²) in [6.45, 7) is 0.597. The average Bonchev–Trinajstić information content (AvgIpc) is 3.39. The predicted octanol–water partition coefficient (Wildman–Crippen LogP) is 2.27. The molecule has 2 N–H and O–H groups in total. The molecule has 4 heterocycles. The number of amides is 2. The first-order chi connectivity index (χ1) is 12.2. The number of carbonyl (C=O) groups is 2. The van der Waals surface area contributed by atoms with E-state index in [1.54, 1.807) is 11.3 Å². The Hall–Kier alpha value is -1.77. The van der Waals surface area contributed by atoms with Crippen molar-refractivity contribution in [2.24, 2.45) is 0 Å². The van der Waals surface area contributed by atoms with Crippen LogP contribution in [0.1, 0.15) is 33.6 Å². The molecule has 0 aromatic carbocycles. The third-order valence-corrected chi connectivity index (χ3v) is 6.80. The number of ether oxygens (including phenoxy) is 1. The minimum absolute atomic E-state index is 0.264. The Bertz CT molecular complexity index is 779. The van der Waals surface area contributed by atoms with Gasteiger partial charge in [0, 0.05) is 29.6 Å². The Morgan fingerprint density at radius 2 is 2.08 bits per heavy atom. The summed E-state index contributed by atoms with van der Waals surface area (Å²) in [5.41, 5.74) is 6.88. The molecule has 0 saturated carbocycles. The van der Waals surface area contributed by atoms with Crippen molar-refractivity contribution in [2.75, 3.05) is 12.4 Å². The first kappa shape index (κ1) is 16.7. The molecule has 1 atom stereocenters. The molecule has 1 unspecified atom stereocenters. The van der Waals surface area contributed by atoms with Gasteiger partial charge in [0.05, 0.1) is 5.56 Å². The van der Waals surface area contributed by atoms with Gasteiger partial charge in [0.2, 0.25) is 0 Å². The molecule has 8 heteroatoms. The lowest BCUT2D eigenvalue weighted by Gasteiger charge is -2.15. The Balaban J connectivity index is 1.56. The number of thioether (sulfide) groups is 1. The number of nitrogens with zero attached hydrogens (tertiary/aromatic N) is 1. The molecule has 4 rings (SSSR count).